The SMILES string of the molecule is C=CCCC(=O)NC[C@H](OC(=O)[C@H]1[C@@H]2O[C@@]3(CC2Br)[C@@H]1C(=O)N(CCCCCO)[C@@H]3C(=O)N(CC=C)CCCCC)c1ccccc1. The van der Waals surface area contributed by atoms with Gasteiger partial charge in [0, 0.05) is 37.5 Å². The number of unbranched alkanes of at least 4 members (excludes halogenated alkanes) is 4. The fourth-order valence-corrected chi connectivity index (χ4v) is 8.25. The van der Waals surface area contributed by atoms with E-state index in [-0.39, 0.29) is 42.1 Å². The summed E-state index contributed by atoms with van der Waals surface area (Å²) < 4.78 is 12.8. The van der Waals surface area contributed by atoms with Crippen LogP contribution in [0.1, 0.15) is 76.4 Å². The molecule has 3 fully saturated rings. The molecule has 0 saturated carbocycles. The summed E-state index contributed by atoms with van der Waals surface area (Å²) in [5.41, 5.74) is -0.485. The topological polar surface area (TPSA) is 125 Å². The number of nitrogens with one attached hydrogen (secondary N) is 1. The standard InChI is InChI=1S/C36H50BrN3O7/c1-4-7-13-20-39(19-6-3)34(44)32-36-23-26(37)31(47-36)29(30(36)33(43)40(32)21-14-10-15-22-41)35(45)46-27(25-16-11-9-12-17-25)24-38-28(42)18-8-5-2/h5-6,9,11-12,16-17,26-27,29-32,41H,2-4,7-8,10,13-15,18-24H2,1H3,(H,38,42)/t26?,27-,29+,30-,31+,32+,36-/m0/s1. The van der Waals surface area contributed by atoms with Gasteiger partial charge in [0.1, 0.15) is 17.7 Å². The van der Waals surface area contributed by atoms with E-state index >= 15 is 0 Å². The number of hydrogen-bond donors (Lipinski definition) is 2. The van der Waals surface area contributed by atoms with Gasteiger partial charge in [0.15, 0.2) is 0 Å². The molecule has 2 N–H and O–H groups in total. The first-order valence-electron chi connectivity index (χ1n) is 17.0. The van der Waals surface area contributed by atoms with Gasteiger partial charge in [0.05, 0.1) is 24.5 Å². The van der Waals surface area contributed by atoms with Gasteiger partial charge in [-0.2, -0.15) is 0 Å². The second kappa shape index (κ2) is 17.4. The Bertz CT molecular complexity index is 1260. The molecule has 3 heterocycles. The van der Waals surface area contributed by atoms with Gasteiger partial charge in [-0.1, -0.05) is 78.2 Å². The number of hydrogen-bond acceptors (Lipinski definition) is 7. The van der Waals surface area contributed by atoms with Gasteiger partial charge >= 0.3 is 5.97 Å². The summed E-state index contributed by atoms with van der Waals surface area (Å²) in [6.07, 6.45) is 7.82. The van der Waals surface area contributed by atoms with Crippen molar-refractivity contribution in [1.29, 1.82) is 0 Å². The molecule has 3 aliphatic heterocycles. The maximum absolute atomic E-state index is 14.5. The predicted molar refractivity (Wildman–Crippen MR) is 182 cm³/mol. The Labute approximate surface area is 287 Å². The summed E-state index contributed by atoms with van der Waals surface area (Å²) in [7, 11) is 0. The van der Waals surface area contributed by atoms with Crippen LogP contribution < -0.4 is 5.32 Å². The van der Waals surface area contributed by atoms with Crippen molar-refractivity contribution in [3.63, 3.8) is 0 Å². The Morgan fingerprint density at radius 2 is 1.94 bits per heavy atom. The molecule has 10 nitrogen and oxygen atoms in total. The van der Waals surface area contributed by atoms with Crippen LogP contribution in [0.25, 0.3) is 0 Å². The first-order valence-corrected chi connectivity index (χ1v) is 17.9. The number of allylic oxidation sites excluding steroid dienone is 1. The number of fused-ring (bicyclic) bond motifs is 1. The monoisotopic (exact) mass is 715 g/mol. The van der Waals surface area contributed by atoms with E-state index in [1.807, 2.05) is 30.3 Å². The van der Waals surface area contributed by atoms with Gasteiger partial charge in [0.2, 0.25) is 17.7 Å². The Morgan fingerprint density at radius 1 is 1.17 bits per heavy atom. The Hall–Kier alpha value is -3.02. The van der Waals surface area contributed by atoms with E-state index in [1.54, 1.807) is 22.0 Å². The summed E-state index contributed by atoms with van der Waals surface area (Å²) >= 11 is 3.73. The van der Waals surface area contributed by atoms with E-state index in [4.69, 9.17) is 9.47 Å². The van der Waals surface area contributed by atoms with E-state index < -0.39 is 41.7 Å². The second-order valence-electron chi connectivity index (χ2n) is 12.7. The smallest absolute Gasteiger partial charge is 0.313 e. The number of alkyl halides is 1. The maximum atomic E-state index is 14.5. The first-order chi connectivity index (χ1) is 22.7. The van der Waals surface area contributed by atoms with Gasteiger partial charge in [-0.05, 0) is 44.1 Å². The molecule has 1 aromatic carbocycles. The summed E-state index contributed by atoms with van der Waals surface area (Å²) in [4.78, 5) is 58.6. The third kappa shape index (κ3) is 8.17. The molecule has 3 amide bonds. The molecule has 47 heavy (non-hydrogen) atoms. The number of aliphatic hydroxyl groups is 1. The second-order valence-corrected chi connectivity index (χ2v) is 13.9. The van der Waals surface area contributed by atoms with Gasteiger partial charge in [-0.15, -0.1) is 13.2 Å². The number of carbonyl (C=O) groups is 4. The van der Waals surface area contributed by atoms with Crippen LogP contribution in [0.5, 0.6) is 0 Å². The number of amides is 3. The third-order valence-electron chi connectivity index (χ3n) is 9.54. The van der Waals surface area contributed by atoms with Gasteiger partial charge in [-0.3, -0.25) is 19.2 Å². The van der Waals surface area contributed by atoms with Crippen molar-refractivity contribution in [2.45, 2.75) is 93.4 Å². The average molecular weight is 717 g/mol. The summed E-state index contributed by atoms with van der Waals surface area (Å²) in [6, 6.07) is 8.29. The van der Waals surface area contributed by atoms with E-state index in [2.05, 4.69) is 41.3 Å². The fourth-order valence-electron chi connectivity index (χ4n) is 7.30. The fraction of sp³-hybridized carbons (Fsp3) is 0.611. The Balaban J connectivity index is 1.64. The van der Waals surface area contributed by atoms with Gasteiger partial charge in [-0.25, -0.2) is 0 Å². The van der Waals surface area contributed by atoms with Crippen molar-refractivity contribution in [2.75, 3.05) is 32.8 Å². The quantitative estimate of drug-likeness (QED) is 0.0884. The molecule has 0 radical (unpaired) electrons. The number of halogens is 1. The summed E-state index contributed by atoms with van der Waals surface area (Å²) in [5.74, 6) is -3.07. The minimum atomic E-state index is -1.20. The molecule has 4 rings (SSSR count). The van der Waals surface area contributed by atoms with Crippen LogP contribution in [0.15, 0.2) is 55.6 Å². The highest BCUT2D eigenvalue weighted by Gasteiger charge is 2.77. The average Bonchev–Trinajstić information content (AvgIpc) is 3.66. The van der Waals surface area contributed by atoms with E-state index in [9.17, 15) is 24.3 Å². The largest absolute Gasteiger partial charge is 0.455 e. The molecule has 11 heteroatoms. The minimum absolute atomic E-state index is 0.0503. The number of ether oxygens (including phenoxy) is 2. The molecule has 2 bridgehead atoms. The van der Waals surface area contributed by atoms with Crippen molar-refractivity contribution in [3.8, 4) is 0 Å². The zero-order valence-corrected chi connectivity index (χ0v) is 29.1. The lowest BCUT2D eigenvalue weighted by atomic mass is 9.70. The van der Waals surface area contributed by atoms with Crippen molar-refractivity contribution < 1.29 is 33.8 Å². The van der Waals surface area contributed by atoms with Gasteiger partial charge in [0.25, 0.3) is 0 Å². The number of aliphatic hydroxyl groups excluding tert-OH is 1. The number of likely N-dealkylation sites (tertiary alicyclic amines) is 1. The number of nitrogens with zero attached hydrogens (tertiary/aromatic N) is 2. The van der Waals surface area contributed by atoms with Crippen molar-refractivity contribution >= 4 is 39.6 Å². The molecule has 7 atom stereocenters. The Morgan fingerprint density at radius 3 is 2.62 bits per heavy atom. The zero-order chi connectivity index (χ0) is 34.0. The number of rotatable bonds is 20. The molecule has 0 aromatic heterocycles. The molecule has 1 spiro atoms. The van der Waals surface area contributed by atoms with E-state index in [0.29, 0.717) is 57.3 Å². The normalized spacial score (nSPS) is 26.5. The highest BCUT2D eigenvalue weighted by Crippen LogP contribution is 2.60. The maximum Gasteiger partial charge on any atom is 0.313 e. The predicted octanol–water partition coefficient (Wildman–Crippen LogP) is 4.47. The molecule has 0 aliphatic carbocycles. The lowest BCUT2D eigenvalue weighted by Gasteiger charge is -2.37. The van der Waals surface area contributed by atoms with Gasteiger partial charge < -0.3 is 29.7 Å². The molecule has 1 unspecified atom stereocenters. The van der Waals surface area contributed by atoms with Crippen molar-refractivity contribution in [2.24, 2.45) is 11.8 Å². The van der Waals surface area contributed by atoms with Crippen LogP contribution >= 0.6 is 15.9 Å². The van der Waals surface area contributed by atoms with Crippen LogP contribution in [-0.2, 0) is 28.7 Å². The van der Waals surface area contributed by atoms with Crippen molar-refractivity contribution in [1.82, 2.24) is 15.1 Å². The first kappa shape index (κ1) is 36.8. The highest BCUT2D eigenvalue weighted by atomic mass is 79.9. The van der Waals surface area contributed by atoms with Crippen LogP contribution in [0.2, 0.25) is 0 Å². The molecular formula is C36H50BrN3O7. The van der Waals surface area contributed by atoms with E-state index in [1.165, 1.54) is 0 Å². The lowest BCUT2D eigenvalue weighted by Crippen LogP contribution is -2.57. The summed E-state index contributed by atoms with van der Waals surface area (Å²) in [6.45, 7) is 10.9. The number of benzene rings is 1. The summed E-state index contributed by atoms with van der Waals surface area (Å²) in [5, 5.41) is 12.2. The third-order valence-corrected chi connectivity index (χ3v) is 10.4. The zero-order valence-electron chi connectivity index (χ0n) is 27.5. The molecule has 3 aliphatic rings. The van der Waals surface area contributed by atoms with Crippen LogP contribution in [0.4, 0.5) is 0 Å². The van der Waals surface area contributed by atoms with Crippen LogP contribution in [0.3, 0.4) is 0 Å². The lowest BCUT2D eigenvalue weighted by molar-refractivity contribution is -0.160. The van der Waals surface area contributed by atoms with Crippen LogP contribution in [0, 0.1) is 11.8 Å². The molecule has 1 aromatic rings. The van der Waals surface area contributed by atoms with E-state index in [0.717, 1.165) is 19.3 Å². The molecule has 3 saturated heterocycles. The highest BCUT2D eigenvalue weighted by molar-refractivity contribution is 9.09. The Kier molecular flexibility index (Phi) is 13.6. The van der Waals surface area contributed by atoms with Crippen molar-refractivity contribution in [3.05, 3.63) is 61.2 Å². The molecule has 258 valence electrons. The number of esters is 1. The molecular weight excluding hydrogens is 666 g/mol. The number of carbonyl (C=O) groups excluding carboxylic acids is 4. The van der Waals surface area contributed by atoms with Crippen LogP contribution in [-0.4, -0.2) is 94.0 Å². The minimum Gasteiger partial charge on any atom is -0.455 e.